The highest BCUT2D eigenvalue weighted by Gasteiger charge is 2.22. The SMILES string of the molecule is COc1ccc(CN(C(=O)c2ccccc2Br)C(C)C)cc1OS(C)(=O)=O. The van der Waals surface area contributed by atoms with E-state index in [4.69, 9.17) is 8.92 Å². The van der Waals surface area contributed by atoms with Gasteiger partial charge in [0.1, 0.15) is 0 Å². The van der Waals surface area contributed by atoms with Crippen LogP contribution in [-0.4, -0.2) is 38.6 Å². The van der Waals surface area contributed by atoms with E-state index < -0.39 is 10.1 Å². The first-order chi connectivity index (χ1) is 12.6. The molecule has 0 atom stereocenters. The predicted molar refractivity (Wildman–Crippen MR) is 108 cm³/mol. The van der Waals surface area contributed by atoms with Crippen LogP contribution in [0.3, 0.4) is 0 Å². The molecule has 0 bridgehead atoms. The number of nitrogens with zero attached hydrogens (tertiary/aromatic N) is 1. The van der Waals surface area contributed by atoms with Crippen LogP contribution in [0.5, 0.6) is 11.5 Å². The Morgan fingerprint density at radius 2 is 1.81 bits per heavy atom. The fraction of sp³-hybridized carbons (Fsp3) is 0.316. The van der Waals surface area contributed by atoms with Crippen LogP contribution in [0.4, 0.5) is 0 Å². The van der Waals surface area contributed by atoms with Crippen molar-refractivity contribution in [1.29, 1.82) is 0 Å². The molecule has 0 fully saturated rings. The molecule has 2 aromatic rings. The van der Waals surface area contributed by atoms with Gasteiger partial charge in [-0.15, -0.1) is 0 Å². The molecule has 0 saturated heterocycles. The van der Waals surface area contributed by atoms with Gasteiger partial charge in [-0.25, -0.2) is 0 Å². The van der Waals surface area contributed by atoms with Crippen molar-refractivity contribution < 1.29 is 22.1 Å². The highest BCUT2D eigenvalue weighted by atomic mass is 79.9. The van der Waals surface area contributed by atoms with Crippen molar-refractivity contribution in [3.63, 3.8) is 0 Å². The van der Waals surface area contributed by atoms with Crippen molar-refractivity contribution in [1.82, 2.24) is 4.90 Å². The molecule has 1 amide bonds. The Balaban J connectivity index is 2.35. The van der Waals surface area contributed by atoms with E-state index >= 15 is 0 Å². The number of methoxy groups -OCH3 is 1. The fourth-order valence-corrected chi connectivity index (χ4v) is 3.43. The number of carbonyl (C=O) groups is 1. The average Bonchev–Trinajstić information content (AvgIpc) is 2.58. The summed E-state index contributed by atoms with van der Waals surface area (Å²) < 4.78 is 33.9. The third-order valence-corrected chi connectivity index (χ3v) is 4.98. The molecule has 2 rings (SSSR count). The van der Waals surface area contributed by atoms with Crippen LogP contribution in [0.1, 0.15) is 29.8 Å². The fourth-order valence-electron chi connectivity index (χ4n) is 2.52. The summed E-state index contributed by atoms with van der Waals surface area (Å²) in [6, 6.07) is 12.1. The minimum atomic E-state index is -3.70. The van der Waals surface area contributed by atoms with E-state index in [1.807, 2.05) is 32.0 Å². The van der Waals surface area contributed by atoms with Crippen LogP contribution in [0.15, 0.2) is 46.9 Å². The summed E-state index contributed by atoms with van der Waals surface area (Å²) in [4.78, 5) is 14.7. The standard InChI is InChI=1S/C19H22BrNO5S/c1-13(2)21(19(22)15-7-5-6-8-16(15)20)12-14-9-10-17(25-3)18(11-14)26-27(4,23)24/h5-11,13H,12H2,1-4H3. The summed E-state index contributed by atoms with van der Waals surface area (Å²) >= 11 is 3.41. The lowest BCUT2D eigenvalue weighted by atomic mass is 10.1. The summed E-state index contributed by atoms with van der Waals surface area (Å²) in [7, 11) is -2.27. The number of amides is 1. The van der Waals surface area contributed by atoms with Gasteiger partial charge < -0.3 is 13.8 Å². The molecule has 2 aromatic carbocycles. The molecule has 0 aliphatic rings. The summed E-state index contributed by atoms with van der Waals surface area (Å²) in [5.74, 6) is 0.269. The molecule has 0 spiro atoms. The maximum absolute atomic E-state index is 13.0. The van der Waals surface area contributed by atoms with Crippen molar-refractivity contribution in [3.8, 4) is 11.5 Å². The third kappa shape index (κ3) is 5.71. The van der Waals surface area contributed by atoms with Gasteiger partial charge in [-0.05, 0) is 59.6 Å². The van der Waals surface area contributed by atoms with Crippen LogP contribution >= 0.6 is 15.9 Å². The number of carbonyl (C=O) groups excluding carboxylic acids is 1. The van der Waals surface area contributed by atoms with Crippen molar-refractivity contribution in [2.45, 2.75) is 26.4 Å². The molecule has 27 heavy (non-hydrogen) atoms. The Morgan fingerprint density at radius 3 is 2.37 bits per heavy atom. The molecule has 0 N–H and O–H groups in total. The quantitative estimate of drug-likeness (QED) is 0.592. The van der Waals surface area contributed by atoms with Crippen LogP contribution in [0, 0.1) is 0 Å². The summed E-state index contributed by atoms with van der Waals surface area (Å²) in [5, 5.41) is 0. The van der Waals surface area contributed by atoms with E-state index in [1.165, 1.54) is 7.11 Å². The Morgan fingerprint density at radius 1 is 1.15 bits per heavy atom. The highest BCUT2D eigenvalue weighted by molar-refractivity contribution is 9.10. The number of ether oxygens (including phenoxy) is 1. The van der Waals surface area contributed by atoms with Crippen LogP contribution in [0.2, 0.25) is 0 Å². The zero-order valence-electron chi connectivity index (χ0n) is 15.6. The van der Waals surface area contributed by atoms with E-state index in [1.54, 1.807) is 29.2 Å². The van der Waals surface area contributed by atoms with Gasteiger partial charge in [-0.1, -0.05) is 18.2 Å². The van der Waals surface area contributed by atoms with E-state index in [-0.39, 0.29) is 17.7 Å². The molecule has 6 nitrogen and oxygen atoms in total. The topological polar surface area (TPSA) is 72.9 Å². The lowest BCUT2D eigenvalue weighted by Gasteiger charge is -2.27. The van der Waals surface area contributed by atoms with Crippen LogP contribution in [-0.2, 0) is 16.7 Å². The first kappa shape index (κ1) is 21.2. The van der Waals surface area contributed by atoms with Crippen LogP contribution in [0.25, 0.3) is 0 Å². The monoisotopic (exact) mass is 455 g/mol. The summed E-state index contributed by atoms with van der Waals surface area (Å²) in [5.41, 5.74) is 1.29. The molecule has 146 valence electrons. The highest BCUT2D eigenvalue weighted by Crippen LogP contribution is 2.30. The van der Waals surface area contributed by atoms with Gasteiger partial charge in [0.15, 0.2) is 11.5 Å². The molecular weight excluding hydrogens is 434 g/mol. The zero-order valence-corrected chi connectivity index (χ0v) is 18.0. The number of benzene rings is 2. The van der Waals surface area contributed by atoms with Crippen molar-refractivity contribution in [2.75, 3.05) is 13.4 Å². The Bertz CT molecular complexity index is 927. The van der Waals surface area contributed by atoms with E-state index in [2.05, 4.69) is 15.9 Å². The number of hydrogen-bond acceptors (Lipinski definition) is 5. The average molecular weight is 456 g/mol. The second kappa shape index (κ2) is 8.75. The maximum atomic E-state index is 13.0. The van der Waals surface area contributed by atoms with Gasteiger partial charge in [-0.2, -0.15) is 8.42 Å². The van der Waals surface area contributed by atoms with E-state index in [0.717, 1.165) is 16.3 Å². The molecule has 0 radical (unpaired) electrons. The third-order valence-electron chi connectivity index (χ3n) is 3.81. The molecule has 0 aliphatic carbocycles. The molecule has 0 saturated carbocycles. The van der Waals surface area contributed by atoms with Crippen LogP contribution < -0.4 is 8.92 Å². The lowest BCUT2D eigenvalue weighted by molar-refractivity contribution is 0.0689. The van der Waals surface area contributed by atoms with Gasteiger partial charge in [-0.3, -0.25) is 4.79 Å². The van der Waals surface area contributed by atoms with Gasteiger partial charge in [0.2, 0.25) is 0 Å². The first-order valence-corrected chi connectivity index (χ1v) is 10.8. The predicted octanol–water partition coefficient (Wildman–Crippen LogP) is 3.85. The van der Waals surface area contributed by atoms with Gasteiger partial charge >= 0.3 is 10.1 Å². The number of hydrogen-bond donors (Lipinski definition) is 0. The van der Waals surface area contributed by atoms with Crippen molar-refractivity contribution in [2.24, 2.45) is 0 Å². The van der Waals surface area contributed by atoms with Gasteiger partial charge in [0, 0.05) is 17.1 Å². The Kier molecular flexibility index (Phi) is 6.89. The van der Waals surface area contributed by atoms with E-state index in [9.17, 15) is 13.2 Å². The molecule has 8 heteroatoms. The minimum absolute atomic E-state index is 0.0639. The zero-order chi connectivity index (χ0) is 20.2. The number of rotatable bonds is 7. The smallest absolute Gasteiger partial charge is 0.306 e. The summed E-state index contributed by atoms with van der Waals surface area (Å²) in [6.45, 7) is 4.14. The maximum Gasteiger partial charge on any atom is 0.306 e. The molecule has 0 heterocycles. The minimum Gasteiger partial charge on any atom is -0.493 e. The second-order valence-corrected chi connectivity index (χ2v) is 8.71. The Labute approximate surface area is 168 Å². The number of halogens is 1. The second-order valence-electron chi connectivity index (χ2n) is 6.28. The molecule has 0 unspecified atom stereocenters. The molecule has 0 aromatic heterocycles. The largest absolute Gasteiger partial charge is 0.493 e. The van der Waals surface area contributed by atoms with Gasteiger partial charge in [0.25, 0.3) is 5.91 Å². The van der Waals surface area contributed by atoms with E-state index in [0.29, 0.717) is 17.9 Å². The van der Waals surface area contributed by atoms with Crippen molar-refractivity contribution >= 4 is 32.0 Å². The molecular formula is C19H22BrNO5S. The van der Waals surface area contributed by atoms with Crippen molar-refractivity contribution in [3.05, 3.63) is 58.1 Å². The summed E-state index contributed by atoms with van der Waals surface area (Å²) in [6.07, 6.45) is 0.968. The first-order valence-electron chi connectivity index (χ1n) is 8.24. The Hall–Kier alpha value is -2.06. The molecule has 0 aliphatic heterocycles. The van der Waals surface area contributed by atoms with Gasteiger partial charge in [0.05, 0.1) is 18.9 Å². The normalized spacial score (nSPS) is 11.3. The lowest BCUT2D eigenvalue weighted by Crippen LogP contribution is -2.36.